The fourth-order valence-electron chi connectivity index (χ4n) is 1.78. The van der Waals surface area contributed by atoms with Gasteiger partial charge in [-0.25, -0.2) is 0 Å². The van der Waals surface area contributed by atoms with Gasteiger partial charge in [0.1, 0.15) is 11.0 Å². The largest absolute Gasteiger partial charge is 0.507 e. The molecule has 0 bridgehead atoms. The van der Waals surface area contributed by atoms with Gasteiger partial charge in [-0.3, -0.25) is 4.79 Å². The molecule has 1 atom stereocenters. The van der Waals surface area contributed by atoms with E-state index in [1.54, 1.807) is 25.1 Å². The lowest BCUT2D eigenvalue weighted by molar-refractivity contribution is -0.142. The van der Waals surface area contributed by atoms with Crippen molar-refractivity contribution in [3.05, 3.63) is 60.2 Å². The van der Waals surface area contributed by atoms with Crippen LogP contribution in [0.2, 0.25) is 0 Å². The predicted octanol–water partition coefficient (Wildman–Crippen LogP) is 3.79. The van der Waals surface area contributed by atoms with Gasteiger partial charge >= 0.3 is 5.97 Å². The van der Waals surface area contributed by atoms with Crippen molar-refractivity contribution in [1.29, 1.82) is 0 Å². The summed E-state index contributed by atoms with van der Waals surface area (Å²) in [4.78, 5) is 12.8. The third-order valence-electron chi connectivity index (χ3n) is 2.71. The van der Waals surface area contributed by atoms with E-state index in [0.717, 1.165) is 5.56 Å². The van der Waals surface area contributed by atoms with Gasteiger partial charge in [0.25, 0.3) is 0 Å². The molecule has 2 rings (SSSR count). The minimum absolute atomic E-state index is 0.169. The monoisotopic (exact) mass is 288 g/mol. The maximum absolute atomic E-state index is 12.1. The van der Waals surface area contributed by atoms with Gasteiger partial charge in [0.2, 0.25) is 0 Å². The number of esters is 1. The smallest absolute Gasteiger partial charge is 0.323 e. The van der Waals surface area contributed by atoms with Gasteiger partial charge in [-0.15, -0.1) is 11.8 Å². The average Bonchev–Trinajstić information content (AvgIpc) is 2.47. The van der Waals surface area contributed by atoms with Crippen LogP contribution in [0.1, 0.15) is 17.7 Å². The fraction of sp³-hybridized carbons (Fsp3) is 0.188. The molecule has 3 nitrogen and oxygen atoms in total. The number of carbonyl (C=O) groups excluding carboxylic acids is 1. The summed E-state index contributed by atoms with van der Waals surface area (Å²) in [7, 11) is 0. The molecule has 2 aromatic carbocycles. The molecule has 0 radical (unpaired) electrons. The summed E-state index contributed by atoms with van der Waals surface area (Å²) in [6.45, 7) is 2.12. The summed E-state index contributed by atoms with van der Waals surface area (Å²) in [5, 5.41) is 9.36. The second-order valence-electron chi connectivity index (χ2n) is 4.13. The first-order chi connectivity index (χ1) is 9.72. The number of hydrogen-bond acceptors (Lipinski definition) is 4. The second kappa shape index (κ2) is 7.01. The Morgan fingerprint density at radius 1 is 1.15 bits per heavy atom. The lowest BCUT2D eigenvalue weighted by atomic mass is 10.1. The molecule has 1 N–H and O–H groups in total. The molecule has 1 unspecified atom stereocenters. The molecule has 0 heterocycles. The Kier molecular flexibility index (Phi) is 5.07. The van der Waals surface area contributed by atoms with Crippen LogP contribution in [-0.4, -0.2) is 17.7 Å². The zero-order chi connectivity index (χ0) is 14.4. The lowest BCUT2D eigenvalue weighted by Gasteiger charge is -2.16. The number of hydrogen-bond donors (Lipinski definition) is 1. The van der Waals surface area contributed by atoms with Crippen LogP contribution in [0.5, 0.6) is 5.75 Å². The number of carbonyl (C=O) groups is 1. The van der Waals surface area contributed by atoms with E-state index < -0.39 is 5.25 Å². The van der Waals surface area contributed by atoms with Crippen LogP contribution in [0.3, 0.4) is 0 Å². The van der Waals surface area contributed by atoms with Crippen molar-refractivity contribution < 1.29 is 14.6 Å². The molecule has 0 aliphatic rings. The summed E-state index contributed by atoms with van der Waals surface area (Å²) < 4.78 is 5.13. The van der Waals surface area contributed by atoms with Gasteiger partial charge < -0.3 is 9.84 Å². The van der Waals surface area contributed by atoms with Crippen LogP contribution in [0.25, 0.3) is 0 Å². The highest BCUT2D eigenvalue weighted by molar-refractivity contribution is 8.00. The second-order valence-corrected chi connectivity index (χ2v) is 5.28. The molecule has 104 valence electrons. The Hall–Kier alpha value is -1.94. The first-order valence-corrected chi connectivity index (χ1v) is 7.26. The average molecular weight is 288 g/mol. The van der Waals surface area contributed by atoms with E-state index in [1.807, 2.05) is 36.4 Å². The van der Waals surface area contributed by atoms with E-state index in [1.165, 1.54) is 11.8 Å². The van der Waals surface area contributed by atoms with Crippen LogP contribution < -0.4 is 0 Å². The maximum Gasteiger partial charge on any atom is 0.323 e. The first kappa shape index (κ1) is 14.5. The maximum atomic E-state index is 12.1. The molecule has 4 heteroatoms. The molecular formula is C16H16O3S. The molecule has 0 saturated heterocycles. The Bertz CT molecular complexity index is 569. The van der Waals surface area contributed by atoms with Gasteiger partial charge in [0, 0.05) is 0 Å². The number of phenolic OH excluding ortho intramolecular Hbond substituents is 1. The Morgan fingerprint density at radius 3 is 2.45 bits per heavy atom. The summed E-state index contributed by atoms with van der Waals surface area (Å²) in [6.07, 6.45) is 0. The highest BCUT2D eigenvalue weighted by Crippen LogP contribution is 2.40. The van der Waals surface area contributed by atoms with E-state index in [4.69, 9.17) is 4.74 Å². The van der Waals surface area contributed by atoms with Crippen molar-refractivity contribution in [3.8, 4) is 5.75 Å². The number of para-hydroxylation sites is 1. The van der Waals surface area contributed by atoms with Crippen LogP contribution in [0.15, 0.2) is 59.5 Å². The normalized spacial score (nSPS) is 11.8. The first-order valence-electron chi connectivity index (χ1n) is 6.38. The van der Waals surface area contributed by atoms with Gasteiger partial charge in [0.05, 0.1) is 11.5 Å². The topological polar surface area (TPSA) is 46.5 Å². The van der Waals surface area contributed by atoms with Crippen LogP contribution in [-0.2, 0) is 9.53 Å². The van der Waals surface area contributed by atoms with Crippen LogP contribution in [0.4, 0.5) is 0 Å². The predicted molar refractivity (Wildman–Crippen MR) is 79.8 cm³/mol. The van der Waals surface area contributed by atoms with Gasteiger partial charge in [-0.2, -0.15) is 0 Å². The minimum atomic E-state index is -0.482. The Labute approximate surface area is 122 Å². The summed E-state index contributed by atoms with van der Waals surface area (Å²) in [5.74, 6) is -0.130. The number of phenols is 1. The molecular weight excluding hydrogens is 272 g/mol. The molecule has 0 spiro atoms. The summed E-state index contributed by atoms with van der Waals surface area (Å²) in [5.41, 5.74) is 0.860. The number of ether oxygens (including phenoxy) is 1. The third kappa shape index (κ3) is 3.54. The van der Waals surface area contributed by atoms with Gasteiger partial charge in [-0.1, -0.05) is 42.5 Å². The fourth-order valence-corrected chi connectivity index (χ4v) is 2.84. The number of rotatable bonds is 5. The Morgan fingerprint density at radius 2 is 1.80 bits per heavy atom. The molecule has 0 aliphatic heterocycles. The van der Waals surface area contributed by atoms with Gasteiger partial charge in [-0.05, 0) is 24.6 Å². The van der Waals surface area contributed by atoms with E-state index >= 15 is 0 Å². The lowest BCUT2D eigenvalue weighted by Crippen LogP contribution is -2.13. The highest BCUT2D eigenvalue weighted by Gasteiger charge is 2.24. The standard InChI is InChI=1S/C16H16O3S/c1-2-19-16(18)15(12-8-4-3-5-9-12)20-14-11-7-6-10-13(14)17/h3-11,15,17H,2H2,1H3. The third-order valence-corrected chi connectivity index (χ3v) is 4.01. The molecule has 0 amide bonds. The molecule has 0 aliphatic carbocycles. The van der Waals surface area contributed by atoms with Crippen LogP contribution in [0, 0.1) is 0 Å². The van der Waals surface area contributed by atoms with Gasteiger partial charge in [0.15, 0.2) is 0 Å². The van der Waals surface area contributed by atoms with E-state index in [0.29, 0.717) is 11.5 Å². The van der Waals surface area contributed by atoms with Crippen molar-refractivity contribution >= 4 is 17.7 Å². The SMILES string of the molecule is CCOC(=O)C(Sc1ccccc1O)c1ccccc1. The number of thioether (sulfide) groups is 1. The number of benzene rings is 2. The quantitative estimate of drug-likeness (QED) is 0.671. The van der Waals surface area contributed by atoms with E-state index in [-0.39, 0.29) is 11.7 Å². The molecule has 0 fully saturated rings. The van der Waals surface area contributed by atoms with Crippen molar-refractivity contribution in [2.45, 2.75) is 17.1 Å². The summed E-state index contributed by atoms with van der Waals surface area (Å²) >= 11 is 1.29. The molecule has 2 aromatic rings. The zero-order valence-corrected chi connectivity index (χ0v) is 12.0. The van der Waals surface area contributed by atoms with Crippen molar-refractivity contribution in [1.82, 2.24) is 0 Å². The van der Waals surface area contributed by atoms with Crippen molar-refractivity contribution in [2.75, 3.05) is 6.61 Å². The minimum Gasteiger partial charge on any atom is -0.507 e. The highest BCUT2D eigenvalue weighted by atomic mass is 32.2. The van der Waals surface area contributed by atoms with Crippen molar-refractivity contribution in [2.24, 2.45) is 0 Å². The molecule has 0 saturated carbocycles. The van der Waals surface area contributed by atoms with Crippen molar-refractivity contribution in [3.63, 3.8) is 0 Å². The van der Waals surface area contributed by atoms with E-state index in [2.05, 4.69) is 0 Å². The number of aromatic hydroxyl groups is 1. The Balaban J connectivity index is 2.28. The molecule has 0 aromatic heterocycles. The molecule has 20 heavy (non-hydrogen) atoms. The zero-order valence-electron chi connectivity index (χ0n) is 11.2. The summed E-state index contributed by atoms with van der Waals surface area (Å²) in [6, 6.07) is 16.4. The van der Waals surface area contributed by atoms with E-state index in [9.17, 15) is 9.90 Å². The van der Waals surface area contributed by atoms with Crippen LogP contribution >= 0.6 is 11.8 Å².